The van der Waals surface area contributed by atoms with Gasteiger partial charge in [-0.3, -0.25) is 4.18 Å². The Labute approximate surface area is 117 Å². The minimum atomic E-state index is -3.68. The molecule has 0 amide bonds. The van der Waals surface area contributed by atoms with Crippen molar-refractivity contribution in [3.63, 3.8) is 0 Å². The summed E-state index contributed by atoms with van der Waals surface area (Å²) in [6.45, 7) is -0.542. The fourth-order valence-electron chi connectivity index (χ4n) is 0.919. The fourth-order valence-corrected chi connectivity index (χ4v) is 1.63. The van der Waals surface area contributed by atoms with Crippen LogP contribution in [0.4, 0.5) is 0 Å². The summed E-state index contributed by atoms with van der Waals surface area (Å²) >= 11 is 0. The van der Waals surface area contributed by atoms with E-state index in [-0.39, 0.29) is 42.8 Å². The van der Waals surface area contributed by atoms with Crippen molar-refractivity contribution in [1.82, 2.24) is 0 Å². The summed E-state index contributed by atoms with van der Waals surface area (Å²) in [4.78, 5) is 0. The topological polar surface area (TPSA) is 63.6 Å². The molecule has 1 rings (SSSR count). The first-order chi connectivity index (χ1) is 7.14. The van der Waals surface area contributed by atoms with Gasteiger partial charge in [0.2, 0.25) is 0 Å². The van der Waals surface area contributed by atoms with Gasteiger partial charge in [0.25, 0.3) is 10.1 Å². The molecule has 1 N–H and O–H groups in total. The summed E-state index contributed by atoms with van der Waals surface area (Å²) in [7, 11) is -3.68. The molecule has 0 radical (unpaired) electrons. The SMILES string of the molecule is O=S(=O)(C=Cc1ccccc1)OCCO.[NaH]. The van der Waals surface area contributed by atoms with Crippen LogP contribution in [0, 0.1) is 0 Å². The fraction of sp³-hybridized carbons (Fsp3) is 0.200. The molecule has 1 aromatic carbocycles. The zero-order chi connectivity index (χ0) is 11.1. The van der Waals surface area contributed by atoms with E-state index in [9.17, 15) is 8.42 Å². The molecule has 0 heterocycles. The van der Waals surface area contributed by atoms with E-state index in [1.54, 1.807) is 24.3 Å². The molecule has 0 aliphatic carbocycles. The number of aliphatic hydroxyl groups excluding tert-OH is 1. The van der Waals surface area contributed by atoms with Gasteiger partial charge in [0, 0.05) is 0 Å². The van der Waals surface area contributed by atoms with Crippen molar-refractivity contribution in [3.8, 4) is 0 Å². The van der Waals surface area contributed by atoms with Gasteiger partial charge >= 0.3 is 29.6 Å². The van der Waals surface area contributed by atoms with Crippen LogP contribution in [0.3, 0.4) is 0 Å². The summed E-state index contributed by atoms with van der Waals surface area (Å²) < 4.78 is 26.7. The van der Waals surface area contributed by atoms with Gasteiger partial charge in [-0.05, 0) is 11.6 Å². The molecular formula is C10H13NaO4S. The van der Waals surface area contributed by atoms with Crippen LogP contribution in [0.2, 0.25) is 0 Å². The maximum atomic E-state index is 11.1. The van der Waals surface area contributed by atoms with Gasteiger partial charge in [-0.1, -0.05) is 30.3 Å². The summed E-state index contributed by atoms with van der Waals surface area (Å²) in [5.41, 5.74) is 0.772. The molecule has 6 heteroatoms. The van der Waals surface area contributed by atoms with Crippen LogP contribution in [0.15, 0.2) is 35.7 Å². The molecule has 0 unspecified atom stereocenters. The van der Waals surface area contributed by atoms with E-state index in [0.29, 0.717) is 0 Å². The summed E-state index contributed by atoms with van der Waals surface area (Å²) in [6.07, 6.45) is 1.44. The van der Waals surface area contributed by atoms with Crippen LogP contribution >= 0.6 is 0 Å². The molecule has 0 spiro atoms. The van der Waals surface area contributed by atoms with E-state index in [4.69, 9.17) is 5.11 Å². The van der Waals surface area contributed by atoms with Crippen molar-refractivity contribution in [2.45, 2.75) is 0 Å². The molecule has 1 aromatic rings. The number of hydrogen-bond acceptors (Lipinski definition) is 4. The third-order valence-electron chi connectivity index (χ3n) is 1.57. The molecule has 4 nitrogen and oxygen atoms in total. The third-order valence-corrected chi connectivity index (χ3v) is 2.53. The summed E-state index contributed by atoms with van der Waals surface area (Å²) in [5.74, 6) is 0. The Morgan fingerprint density at radius 1 is 1.25 bits per heavy atom. The van der Waals surface area contributed by atoms with E-state index >= 15 is 0 Å². The molecule has 84 valence electrons. The minimum absolute atomic E-state index is 0. The van der Waals surface area contributed by atoms with Gasteiger partial charge in [-0.25, -0.2) is 0 Å². The Morgan fingerprint density at radius 3 is 2.44 bits per heavy atom. The van der Waals surface area contributed by atoms with Crippen LogP contribution < -0.4 is 0 Å². The first-order valence-electron chi connectivity index (χ1n) is 4.37. The molecule has 0 aliphatic heterocycles. The number of hydrogen-bond donors (Lipinski definition) is 1. The summed E-state index contributed by atoms with van der Waals surface area (Å²) in [5, 5.41) is 9.37. The predicted molar refractivity (Wildman–Crippen MR) is 64.6 cm³/mol. The van der Waals surface area contributed by atoms with Crippen LogP contribution in [0.25, 0.3) is 6.08 Å². The van der Waals surface area contributed by atoms with Gasteiger partial charge in [0.05, 0.1) is 18.6 Å². The molecular weight excluding hydrogens is 239 g/mol. The van der Waals surface area contributed by atoms with Crippen molar-refractivity contribution >= 4 is 45.8 Å². The second-order valence-corrected chi connectivity index (χ2v) is 4.25. The Bertz CT molecular complexity index is 414. The standard InChI is InChI=1S/C10H12O4S.Na.H/c11-7-8-14-15(12,13)9-6-10-4-2-1-3-5-10;;/h1-6,9,11H,7-8H2;;. The van der Waals surface area contributed by atoms with Crippen molar-refractivity contribution in [2.75, 3.05) is 13.2 Å². The van der Waals surface area contributed by atoms with Gasteiger partial charge < -0.3 is 5.11 Å². The average Bonchev–Trinajstić information content (AvgIpc) is 2.25. The summed E-state index contributed by atoms with van der Waals surface area (Å²) in [6, 6.07) is 9.01. The van der Waals surface area contributed by atoms with E-state index in [1.165, 1.54) is 6.08 Å². The molecule has 0 fully saturated rings. The quantitative estimate of drug-likeness (QED) is 0.606. The second kappa shape index (κ2) is 8.00. The zero-order valence-electron chi connectivity index (χ0n) is 8.04. The van der Waals surface area contributed by atoms with Crippen LogP contribution in [0.5, 0.6) is 0 Å². The van der Waals surface area contributed by atoms with Gasteiger partial charge in [-0.15, -0.1) is 0 Å². The monoisotopic (exact) mass is 252 g/mol. The van der Waals surface area contributed by atoms with Crippen molar-refractivity contribution in [2.24, 2.45) is 0 Å². The Kier molecular flexibility index (Phi) is 7.91. The van der Waals surface area contributed by atoms with Crippen LogP contribution in [-0.2, 0) is 14.3 Å². The molecule has 16 heavy (non-hydrogen) atoms. The number of benzene rings is 1. The van der Waals surface area contributed by atoms with Gasteiger partial charge in [0.1, 0.15) is 0 Å². The van der Waals surface area contributed by atoms with E-state index in [0.717, 1.165) is 11.0 Å². The second-order valence-electron chi connectivity index (χ2n) is 2.75. The Balaban J connectivity index is 0.00000225. The molecule has 0 bridgehead atoms. The molecule has 0 saturated heterocycles. The predicted octanol–water partition coefficient (Wildman–Crippen LogP) is 0.347. The molecule has 0 aliphatic rings. The molecule has 0 atom stereocenters. The number of rotatable bonds is 5. The van der Waals surface area contributed by atoms with Crippen molar-refractivity contribution < 1.29 is 17.7 Å². The van der Waals surface area contributed by atoms with E-state index < -0.39 is 10.1 Å². The Hall–Kier alpha value is -0.170. The van der Waals surface area contributed by atoms with Crippen LogP contribution in [-0.4, -0.2) is 56.3 Å². The first kappa shape index (κ1) is 15.8. The van der Waals surface area contributed by atoms with Crippen molar-refractivity contribution in [1.29, 1.82) is 0 Å². The van der Waals surface area contributed by atoms with Gasteiger partial charge in [-0.2, -0.15) is 8.42 Å². The van der Waals surface area contributed by atoms with E-state index in [2.05, 4.69) is 4.18 Å². The normalized spacial score (nSPS) is 11.3. The first-order valence-corrected chi connectivity index (χ1v) is 5.84. The van der Waals surface area contributed by atoms with Crippen molar-refractivity contribution in [3.05, 3.63) is 41.3 Å². The average molecular weight is 252 g/mol. The third kappa shape index (κ3) is 6.42. The van der Waals surface area contributed by atoms with Crippen LogP contribution in [0.1, 0.15) is 5.56 Å². The Morgan fingerprint density at radius 2 is 1.88 bits per heavy atom. The van der Waals surface area contributed by atoms with E-state index in [1.807, 2.05) is 6.07 Å². The zero-order valence-corrected chi connectivity index (χ0v) is 8.85. The number of aliphatic hydroxyl groups is 1. The van der Waals surface area contributed by atoms with Gasteiger partial charge in [0.15, 0.2) is 0 Å². The maximum absolute atomic E-state index is 11.1. The molecule has 0 saturated carbocycles. The molecule has 0 aromatic heterocycles.